The molecule has 31 heavy (non-hydrogen) atoms. The molecule has 3 aromatic rings. The minimum absolute atomic E-state index is 0.292. The third-order valence-corrected chi connectivity index (χ3v) is 5.26. The molecular weight excluding hydrogens is 416 g/mol. The second-order valence-electron chi connectivity index (χ2n) is 8.43. The van der Waals surface area contributed by atoms with Crippen molar-refractivity contribution >= 4 is 34.2 Å². The van der Waals surface area contributed by atoms with Crippen LogP contribution < -0.4 is 4.74 Å². The van der Waals surface area contributed by atoms with Gasteiger partial charge in [-0.25, -0.2) is 9.78 Å². The van der Waals surface area contributed by atoms with Crippen molar-refractivity contribution in [2.24, 2.45) is 0 Å². The highest BCUT2D eigenvalue weighted by atomic mass is 35.5. The van der Waals surface area contributed by atoms with Crippen LogP contribution in [-0.4, -0.2) is 34.7 Å². The summed E-state index contributed by atoms with van der Waals surface area (Å²) in [5.74, 6) is 0.530. The van der Waals surface area contributed by atoms with Crippen molar-refractivity contribution in [1.29, 1.82) is 0 Å². The smallest absolute Gasteiger partial charge is 0.410 e. The molecule has 0 saturated carbocycles. The maximum atomic E-state index is 12.2. The predicted octanol–water partition coefficient (Wildman–Crippen LogP) is 6.08. The van der Waals surface area contributed by atoms with Gasteiger partial charge in [-0.05, 0) is 51.0 Å². The van der Waals surface area contributed by atoms with Crippen molar-refractivity contribution in [2.75, 3.05) is 13.1 Å². The minimum atomic E-state index is -0.500. The molecule has 0 aliphatic carbocycles. The summed E-state index contributed by atoms with van der Waals surface area (Å²) in [6.45, 7) is 7.02. The number of hydrogen-bond donors (Lipinski definition) is 0. The Hall–Kier alpha value is -2.99. The monoisotopic (exact) mass is 440 g/mol. The number of ether oxygens (including phenoxy) is 2. The van der Waals surface area contributed by atoms with Gasteiger partial charge in [0.2, 0.25) is 5.88 Å². The average Bonchev–Trinajstić information content (AvgIpc) is 3.23. The van der Waals surface area contributed by atoms with Crippen LogP contribution in [0, 0.1) is 0 Å². The Morgan fingerprint density at radius 2 is 2.06 bits per heavy atom. The van der Waals surface area contributed by atoms with Gasteiger partial charge >= 0.3 is 6.09 Å². The lowest BCUT2D eigenvalue weighted by Gasteiger charge is -2.29. The quantitative estimate of drug-likeness (QED) is 0.491. The van der Waals surface area contributed by atoms with Gasteiger partial charge in [0.25, 0.3) is 0 Å². The molecule has 1 amide bonds. The number of pyridine rings is 1. The van der Waals surface area contributed by atoms with Crippen LogP contribution in [0.15, 0.2) is 53.2 Å². The summed E-state index contributed by atoms with van der Waals surface area (Å²) >= 11 is 6.20. The molecule has 0 fully saturated rings. The zero-order chi connectivity index (χ0) is 22.0. The number of amides is 1. The number of carbonyl (C=O) groups excluding carboxylic acids is 1. The first-order chi connectivity index (χ1) is 14.8. The van der Waals surface area contributed by atoms with Crippen molar-refractivity contribution in [3.8, 4) is 5.88 Å². The first kappa shape index (κ1) is 21.2. The van der Waals surface area contributed by atoms with Crippen LogP contribution in [0.4, 0.5) is 4.79 Å². The highest BCUT2D eigenvalue weighted by Gasteiger charge is 2.24. The largest absolute Gasteiger partial charge is 0.473 e. The van der Waals surface area contributed by atoms with Gasteiger partial charge in [0.15, 0.2) is 0 Å². The lowest BCUT2D eigenvalue weighted by Crippen LogP contribution is -2.39. The summed E-state index contributed by atoms with van der Waals surface area (Å²) in [5, 5.41) is 1.52. The van der Waals surface area contributed by atoms with Crippen LogP contribution in [0.25, 0.3) is 16.5 Å². The number of nitrogens with zero attached hydrogens (tertiary/aromatic N) is 2. The first-order valence-corrected chi connectivity index (χ1v) is 10.6. The van der Waals surface area contributed by atoms with Crippen molar-refractivity contribution < 1.29 is 18.7 Å². The van der Waals surface area contributed by atoms with Crippen LogP contribution in [0.5, 0.6) is 5.88 Å². The van der Waals surface area contributed by atoms with Gasteiger partial charge < -0.3 is 18.8 Å². The Morgan fingerprint density at radius 3 is 2.81 bits per heavy atom. The maximum Gasteiger partial charge on any atom is 0.410 e. The topological polar surface area (TPSA) is 64.8 Å². The number of furan rings is 1. The Labute approximate surface area is 186 Å². The molecule has 0 saturated heterocycles. The minimum Gasteiger partial charge on any atom is -0.473 e. The van der Waals surface area contributed by atoms with E-state index in [-0.39, 0.29) is 6.09 Å². The lowest BCUT2D eigenvalue weighted by atomic mass is 10.0. The van der Waals surface area contributed by atoms with Gasteiger partial charge in [-0.2, -0.15) is 0 Å². The third-order valence-electron chi connectivity index (χ3n) is 4.93. The molecule has 1 aromatic carbocycles. The van der Waals surface area contributed by atoms with Gasteiger partial charge in [0, 0.05) is 30.1 Å². The fourth-order valence-corrected chi connectivity index (χ4v) is 3.63. The Balaban J connectivity index is 1.42. The SMILES string of the molecule is CC(C)(C)OC(=O)N1CC=C(c2cccc(OCc3ccc(Cl)c4ccoc34)n2)CC1. The van der Waals surface area contributed by atoms with Crippen LogP contribution in [0.1, 0.15) is 38.4 Å². The Morgan fingerprint density at radius 1 is 1.23 bits per heavy atom. The van der Waals surface area contributed by atoms with E-state index in [4.69, 9.17) is 25.5 Å². The third kappa shape index (κ3) is 5.02. The van der Waals surface area contributed by atoms with Crippen molar-refractivity contribution in [2.45, 2.75) is 39.4 Å². The van der Waals surface area contributed by atoms with Crippen molar-refractivity contribution in [3.05, 3.63) is 65.0 Å². The predicted molar refractivity (Wildman–Crippen MR) is 120 cm³/mol. The molecule has 0 N–H and O–H groups in total. The molecule has 2 aromatic heterocycles. The molecule has 0 atom stereocenters. The van der Waals surface area contributed by atoms with E-state index in [2.05, 4.69) is 4.98 Å². The van der Waals surface area contributed by atoms with Crippen LogP contribution in [-0.2, 0) is 11.3 Å². The number of benzene rings is 1. The molecule has 1 aliphatic rings. The van der Waals surface area contributed by atoms with Gasteiger partial charge in [0.1, 0.15) is 17.8 Å². The summed E-state index contributed by atoms with van der Waals surface area (Å²) in [6, 6.07) is 11.3. The Kier molecular flexibility index (Phi) is 5.92. The van der Waals surface area contributed by atoms with Gasteiger partial charge in [-0.15, -0.1) is 0 Å². The summed E-state index contributed by atoms with van der Waals surface area (Å²) in [6.07, 6.45) is 4.06. The fourth-order valence-electron chi connectivity index (χ4n) is 3.42. The fraction of sp³-hybridized carbons (Fsp3) is 0.333. The van der Waals surface area contributed by atoms with Crippen LogP contribution >= 0.6 is 11.6 Å². The molecule has 7 heteroatoms. The molecule has 162 valence electrons. The lowest BCUT2D eigenvalue weighted by molar-refractivity contribution is 0.0270. The average molecular weight is 441 g/mol. The number of aromatic nitrogens is 1. The number of rotatable bonds is 4. The standard InChI is InChI=1S/C24H25ClN2O4/c1-24(2,3)31-23(28)27-12-9-16(10-13-27)20-5-4-6-21(26-20)30-15-17-7-8-19(25)18-11-14-29-22(17)18/h4-9,11,14H,10,12-13,15H2,1-3H3. The Bertz CT molecular complexity index is 1130. The zero-order valence-corrected chi connectivity index (χ0v) is 18.6. The summed E-state index contributed by atoms with van der Waals surface area (Å²) in [5.41, 5.74) is 3.06. The normalized spacial score (nSPS) is 14.5. The van der Waals surface area contributed by atoms with E-state index in [1.54, 1.807) is 11.2 Å². The van der Waals surface area contributed by atoms with E-state index >= 15 is 0 Å². The second kappa shape index (κ2) is 8.63. The summed E-state index contributed by atoms with van der Waals surface area (Å²) in [4.78, 5) is 18.6. The second-order valence-corrected chi connectivity index (χ2v) is 8.83. The van der Waals surface area contributed by atoms with E-state index in [9.17, 15) is 4.79 Å². The zero-order valence-electron chi connectivity index (χ0n) is 17.9. The molecule has 6 nitrogen and oxygen atoms in total. The van der Waals surface area contributed by atoms with Gasteiger partial charge in [0.05, 0.1) is 17.0 Å². The number of hydrogen-bond acceptors (Lipinski definition) is 5. The van der Waals surface area contributed by atoms with Crippen molar-refractivity contribution in [3.63, 3.8) is 0 Å². The van der Waals surface area contributed by atoms with E-state index < -0.39 is 5.60 Å². The molecule has 0 radical (unpaired) electrons. The van der Waals surface area contributed by atoms with Gasteiger partial charge in [-0.3, -0.25) is 0 Å². The van der Waals surface area contributed by atoms with Crippen molar-refractivity contribution in [1.82, 2.24) is 9.88 Å². The molecule has 3 heterocycles. The first-order valence-electron chi connectivity index (χ1n) is 10.2. The highest BCUT2D eigenvalue weighted by Crippen LogP contribution is 2.29. The highest BCUT2D eigenvalue weighted by molar-refractivity contribution is 6.35. The molecular formula is C24H25ClN2O4. The molecule has 0 unspecified atom stereocenters. The van der Waals surface area contributed by atoms with Crippen LogP contribution in [0.2, 0.25) is 5.02 Å². The number of fused-ring (bicyclic) bond motifs is 1. The number of carbonyl (C=O) groups is 1. The van der Waals surface area contributed by atoms with Gasteiger partial charge in [-0.1, -0.05) is 29.8 Å². The van der Waals surface area contributed by atoms with E-state index in [1.165, 1.54) is 0 Å². The molecule has 1 aliphatic heterocycles. The molecule has 0 spiro atoms. The maximum absolute atomic E-state index is 12.2. The molecule has 4 rings (SSSR count). The number of halogens is 1. The summed E-state index contributed by atoms with van der Waals surface area (Å²) in [7, 11) is 0. The van der Waals surface area contributed by atoms with E-state index in [0.29, 0.717) is 37.0 Å². The summed E-state index contributed by atoms with van der Waals surface area (Å²) < 4.78 is 16.9. The molecule has 0 bridgehead atoms. The van der Waals surface area contributed by atoms with E-state index in [1.807, 2.05) is 63.2 Å². The van der Waals surface area contributed by atoms with E-state index in [0.717, 1.165) is 27.8 Å². The van der Waals surface area contributed by atoms with Crippen LogP contribution in [0.3, 0.4) is 0 Å².